The van der Waals surface area contributed by atoms with Gasteiger partial charge in [-0.2, -0.15) is 0 Å². The molecule has 4 heteroatoms. The molecule has 4 aliphatic rings. The molecule has 2 aromatic rings. The molecule has 2 aliphatic carbocycles. The van der Waals surface area contributed by atoms with Gasteiger partial charge >= 0.3 is 0 Å². The number of nitrogens with zero attached hydrogens (tertiary/aromatic N) is 2. The lowest BCUT2D eigenvalue weighted by molar-refractivity contribution is 0.170. The fourth-order valence-electron chi connectivity index (χ4n) is 5.28. The minimum atomic E-state index is -0.454. The summed E-state index contributed by atoms with van der Waals surface area (Å²) in [4.78, 5) is 10.0. The zero-order valence-corrected chi connectivity index (χ0v) is 17.4. The van der Waals surface area contributed by atoms with Crippen molar-refractivity contribution in [3.8, 4) is 0 Å². The molecule has 0 fully saturated rings. The van der Waals surface area contributed by atoms with Crippen LogP contribution in [0.25, 0.3) is 0 Å². The first-order chi connectivity index (χ1) is 13.9. The summed E-state index contributed by atoms with van der Waals surface area (Å²) in [5, 5.41) is 0. The van der Waals surface area contributed by atoms with Crippen LogP contribution < -0.4 is 0 Å². The summed E-state index contributed by atoms with van der Waals surface area (Å²) < 4.78 is 12.8. The van der Waals surface area contributed by atoms with Crippen molar-refractivity contribution in [1.82, 2.24) is 0 Å². The number of fused-ring (bicyclic) bond motifs is 6. The summed E-state index contributed by atoms with van der Waals surface area (Å²) in [6, 6.07) is 13.5. The van der Waals surface area contributed by atoms with E-state index in [0.717, 1.165) is 24.6 Å². The highest BCUT2D eigenvalue weighted by atomic mass is 16.5. The Bertz CT molecular complexity index is 1010. The molecule has 0 saturated carbocycles. The van der Waals surface area contributed by atoms with Crippen LogP contribution in [0.1, 0.15) is 59.3 Å². The monoisotopic (exact) mass is 386 g/mol. The summed E-state index contributed by atoms with van der Waals surface area (Å²) in [6.07, 6.45) is 2.06. The largest absolute Gasteiger partial charge is 0.474 e. The summed E-state index contributed by atoms with van der Waals surface area (Å²) in [6.45, 7) is 8.52. The van der Waals surface area contributed by atoms with Gasteiger partial charge in [-0.25, -0.2) is 9.98 Å². The van der Waals surface area contributed by atoms with Crippen LogP contribution in [0, 0.1) is 19.3 Å². The number of rotatable bonds is 2. The molecular formula is C25H26N2O2. The first-order valence-electron chi connectivity index (χ1n) is 10.6. The van der Waals surface area contributed by atoms with Gasteiger partial charge in [0.1, 0.15) is 29.7 Å². The van der Waals surface area contributed by atoms with Gasteiger partial charge in [0.25, 0.3) is 0 Å². The fourth-order valence-corrected chi connectivity index (χ4v) is 5.28. The predicted octanol–water partition coefficient (Wildman–Crippen LogP) is 4.82. The molecule has 2 aromatic carbocycles. The molecule has 4 unspecified atom stereocenters. The Labute approximate surface area is 171 Å². The number of aryl methyl sites for hydroxylation is 2. The van der Waals surface area contributed by atoms with Gasteiger partial charge in [0.15, 0.2) is 11.8 Å². The Hall–Kier alpha value is -2.62. The van der Waals surface area contributed by atoms with Crippen LogP contribution in [0.3, 0.4) is 0 Å². The number of aliphatic imine (C=N–C) groups is 2. The second-order valence-electron chi connectivity index (χ2n) is 9.51. The van der Waals surface area contributed by atoms with E-state index in [4.69, 9.17) is 19.5 Å². The zero-order chi connectivity index (χ0) is 19.9. The Balaban J connectivity index is 1.30. The fraction of sp³-hybridized carbons (Fsp3) is 0.440. The van der Waals surface area contributed by atoms with E-state index >= 15 is 0 Å². The summed E-state index contributed by atoms with van der Waals surface area (Å²) in [7, 11) is 0. The standard InChI is InChI=1S/C25H26N2O2/c1-13-5-7-17-15(9-13)11-19-21(17)26-23(28-19)25(3,4)24-27-22-18-8-6-14(2)10-16(18)12-20(22)29-24/h5-10,19-22H,11-12H2,1-4H3. The average Bonchev–Trinajstić information content (AvgIpc) is 3.38. The van der Waals surface area contributed by atoms with Gasteiger partial charge in [-0.1, -0.05) is 47.5 Å². The van der Waals surface area contributed by atoms with Crippen LogP contribution in [-0.4, -0.2) is 24.0 Å². The Kier molecular flexibility index (Phi) is 3.40. The Morgan fingerprint density at radius 3 is 1.66 bits per heavy atom. The molecule has 0 spiro atoms. The summed E-state index contributed by atoms with van der Waals surface area (Å²) in [5.41, 5.74) is 7.49. The average molecular weight is 386 g/mol. The molecule has 4 atom stereocenters. The van der Waals surface area contributed by atoms with Crippen LogP contribution in [0.4, 0.5) is 0 Å². The smallest absolute Gasteiger partial charge is 0.199 e. The van der Waals surface area contributed by atoms with Gasteiger partial charge in [-0.05, 0) is 49.9 Å². The Morgan fingerprint density at radius 2 is 1.21 bits per heavy atom. The Morgan fingerprint density at radius 1 is 0.759 bits per heavy atom. The maximum atomic E-state index is 6.38. The lowest BCUT2D eigenvalue weighted by atomic mass is 9.92. The van der Waals surface area contributed by atoms with Gasteiger partial charge in [0.05, 0.1) is 0 Å². The molecule has 0 radical (unpaired) electrons. The molecule has 2 heterocycles. The van der Waals surface area contributed by atoms with E-state index in [9.17, 15) is 0 Å². The van der Waals surface area contributed by atoms with E-state index in [-0.39, 0.29) is 24.3 Å². The maximum Gasteiger partial charge on any atom is 0.199 e. The lowest BCUT2D eigenvalue weighted by Gasteiger charge is -2.25. The highest BCUT2D eigenvalue weighted by Gasteiger charge is 2.50. The third-order valence-electron chi connectivity index (χ3n) is 6.89. The molecule has 0 aromatic heterocycles. The predicted molar refractivity (Wildman–Crippen MR) is 114 cm³/mol. The van der Waals surface area contributed by atoms with Gasteiger partial charge in [0.2, 0.25) is 0 Å². The minimum absolute atomic E-state index is 0.102. The van der Waals surface area contributed by atoms with Crippen molar-refractivity contribution >= 4 is 11.8 Å². The van der Waals surface area contributed by atoms with Crippen molar-refractivity contribution in [3.63, 3.8) is 0 Å². The van der Waals surface area contributed by atoms with Crippen LogP contribution in [0.5, 0.6) is 0 Å². The lowest BCUT2D eigenvalue weighted by Crippen LogP contribution is -2.36. The van der Waals surface area contributed by atoms with E-state index in [2.05, 4.69) is 64.1 Å². The third-order valence-corrected chi connectivity index (χ3v) is 6.89. The van der Waals surface area contributed by atoms with Crippen LogP contribution in [0.15, 0.2) is 46.4 Å². The van der Waals surface area contributed by atoms with Crippen molar-refractivity contribution in [2.45, 2.75) is 64.8 Å². The van der Waals surface area contributed by atoms with E-state index in [1.54, 1.807) is 0 Å². The number of hydrogen-bond donors (Lipinski definition) is 0. The van der Waals surface area contributed by atoms with Gasteiger partial charge in [0, 0.05) is 12.8 Å². The van der Waals surface area contributed by atoms with Gasteiger partial charge in [-0.15, -0.1) is 0 Å². The number of hydrogen-bond acceptors (Lipinski definition) is 4. The number of ether oxygens (including phenoxy) is 2. The number of benzene rings is 2. The van der Waals surface area contributed by atoms with Crippen molar-refractivity contribution in [1.29, 1.82) is 0 Å². The van der Waals surface area contributed by atoms with Gasteiger partial charge < -0.3 is 9.47 Å². The van der Waals surface area contributed by atoms with E-state index in [1.165, 1.54) is 33.4 Å². The van der Waals surface area contributed by atoms with E-state index in [1.807, 2.05) is 0 Å². The zero-order valence-electron chi connectivity index (χ0n) is 17.4. The molecule has 2 aliphatic heterocycles. The second-order valence-corrected chi connectivity index (χ2v) is 9.51. The second kappa shape index (κ2) is 5.71. The van der Waals surface area contributed by atoms with Crippen molar-refractivity contribution < 1.29 is 9.47 Å². The first-order valence-corrected chi connectivity index (χ1v) is 10.6. The quantitative estimate of drug-likeness (QED) is 0.743. The molecule has 6 rings (SSSR count). The molecular weight excluding hydrogens is 360 g/mol. The van der Waals surface area contributed by atoms with Crippen LogP contribution >= 0.6 is 0 Å². The van der Waals surface area contributed by atoms with Crippen LogP contribution in [0.2, 0.25) is 0 Å². The molecule has 0 N–H and O–H groups in total. The van der Waals surface area contributed by atoms with Crippen LogP contribution in [-0.2, 0) is 22.3 Å². The molecule has 0 bridgehead atoms. The highest BCUT2D eigenvalue weighted by molar-refractivity contribution is 6.05. The molecule has 0 amide bonds. The van der Waals surface area contributed by atoms with Crippen molar-refractivity contribution in [3.05, 3.63) is 69.8 Å². The van der Waals surface area contributed by atoms with E-state index < -0.39 is 5.41 Å². The maximum absolute atomic E-state index is 6.38. The summed E-state index contributed by atoms with van der Waals surface area (Å²) in [5.74, 6) is 1.53. The molecule has 148 valence electrons. The van der Waals surface area contributed by atoms with Gasteiger partial charge in [-0.3, -0.25) is 0 Å². The molecule has 4 nitrogen and oxygen atoms in total. The molecule has 0 saturated heterocycles. The van der Waals surface area contributed by atoms with Crippen molar-refractivity contribution in [2.75, 3.05) is 0 Å². The van der Waals surface area contributed by atoms with Crippen molar-refractivity contribution in [2.24, 2.45) is 15.4 Å². The highest BCUT2D eigenvalue weighted by Crippen LogP contribution is 2.46. The first kappa shape index (κ1) is 17.3. The normalized spacial score (nSPS) is 28.7. The molecule has 29 heavy (non-hydrogen) atoms. The third kappa shape index (κ3) is 2.44. The summed E-state index contributed by atoms with van der Waals surface area (Å²) >= 11 is 0. The minimum Gasteiger partial charge on any atom is -0.474 e. The van der Waals surface area contributed by atoms with E-state index in [0.29, 0.717) is 0 Å². The topological polar surface area (TPSA) is 43.2 Å². The SMILES string of the molecule is Cc1ccc2c(c1)CC1OC(C(C)(C)C3=NC4c5ccc(C)cc5CC4O3)=NC21.